The molecule has 0 bridgehead atoms. The first-order valence-corrected chi connectivity index (χ1v) is 11.4. The van der Waals surface area contributed by atoms with E-state index in [1.165, 1.54) is 32.9 Å². The van der Waals surface area contributed by atoms with E-state index < -0.39 is 20.0 Å². The first-order valence-electron chi connectivity index (χ1n) is 8.55. The van der Waals surface area contributed by atoms with Crippen LogP contribution < -0.4 is 5.32 Å². The predicted octanol–water partition coefficient (Wildman–Crippen LogP) is 1.51. The van der Waals surface area contributed by atoms with E-state index in [1.54, 1.807) is 13.8 Å². The molecular weight excluding hydrogens is 398 g/mol. The van der Waals surface area contributed by atoms with Crippen molar-refractivity contribution >= 4 is 32.5 Å². The summed E-state index contributed by atoms with van der Waals surface area (Å²) in [4.78, 5) is 0.0388. The van der Waals surface area contributed by atoms with Gasteiger partial charge in [-0.15, -0.1) is 12.4 Å². The van der Waals surface area contributed by atoms with Crippen molar-refractivity contribution in [2.45, 2.75) is 42.5 Å². The summed E-state index contributed by atoms with van der Waals surface area (Å²) in [6, 6.07) is 5.78. The van der Waals surface area contributed by atoms with Crippen LogP contribution in [0.2, 0.25) is 0 Å². The number of piperidine rings is 1. The van der Waals surface area contributed by atoms with Crippen molar-refractivity contribution in [3.8, 4) is 0 Å². The second-order valence-corrected chi connectivity index (χ2v) is 9.93. The van der Waals surface area contributed by atoms with E-state index in [4.69, 9.17) is 0 Å². The quantitative estimate of drug-likeness (QED) is 0.715. The number of hydrogen-bond donors (Lipinski definition) is 1. The summed E-state index contributed by atoms with van der Waals surface area (Å²) in [6.07, 6.45) is 1.71. The van der Waals surface area contributed by atoms with Crippen LogP contribution in [0.4, 0.5) is 0 Å². The fourth-order valence-corrected chi connectivity index (χ4v) is 6.20. The van der Waals surface area contributed by atoms with Crippen molar-refractivity contribution in [2.75, 3.05) is 33.2 Å². The molecule has 7 nitrogen and oxygen atoms in total. The number of halogens is 1. The Morgan fingerprint density at radius 3 is 2.35 bits per heavy atom. The van der Waals surface area contributed by atoms with Gasteiger partial charge in [-0.3, -0.25) is 0 Å². The van der Waals surface area contributed by atoms with E-state index in [2.05, 4.69) is 5.32 Å². The Morgan fingerprint density at radius 2 is 1.77 bits per heavy atom. The number of likely N-dealkylation sites (N-methyl/N-ethyl adjacent to an activating group) is 1. The molecule has 1 N–H and O–H groups in total. The van der Waals surface area contributed by atoms with E-state index in [-0.39, 0.29) is 28.2 Å². The number of nitrogens with zero attached hydrogens (tertiary/aromatic N) is 2. The van der Waals surface area contributed by atoms with Crippen LogP contribution in [0.3, 0.4) is 0 Å². The summed E-state index contributed by atoms with van der Waals surface area (Å²) >= 11 is 0. The zero-order chi connectivity index (χ0) is 18.7. The van der Waals surface area contributed by atoms with Crippen LogP contribution in [-0.4, -0.2) is 64.7 Å². The van der Waals surface area contributed by atoms with Gasteiger partial charge in [0.15, 0.2) is 0 Å². The normalized spacial score (nSPS) is 19.3. The van der Waals surface area contributed by atoms with E-state index >= 15 is 0 Å². The summed E-state index contributed by atoms with van der Waals surface area (Å²) in [5.41, 5.74) is 0. The fourth-order valence-electron chi connectivity index (χ4n) is 3.05. The maximum Gasteiger partial charge on any atom is 0.243 e. The van der Waals surface area contributed by atoms with Gasteiger partial charge in [-0.2, -0.15) is 8.61 Å². The average molecular weight is 426 g/mol. The molecule has 10 heteroatoms. The maximum absolute atomic E-state index is 12.9. The third kappa shape index (κ3) is 4.76. The van der Waals surface area contributed by atoms with Gasteiger partial charge in [-0.1, -0.05) is 19.9 Å². The summed E-state index contributed by atoms with van der Waals surface area (Å²) in [6.45, 7) is 5.04. The largest absolute Gasteiger partial charge is 0.316 e. The van der Waals surface area contributed by atoms with E-state index in [0.29, 0.717) is 26.2 Å². The molecule has 1 heterocycles. The highest BCUT2D eigenvalue weighted by Crippen LogP contribution is 2.24. The molecule has 0 saturated carbocycles. The summed E-state index contributed by atoms with van der Waals surface area (Å²) in [5.74, 6) is 0. The topological polar surface area (TPSA) is 86.8 Å². The van der Waals surface area contributed by atoms with Crippen molar-refractivity contribution in [3.05, 3.63) is 24.3 Å². The number of hydrogen-bond acceptors (Lipinski definition) is 5. The lowest BCUT2D eigenvalue weighted by Crippen LogP contribution is -2.46. The molecule has 0 spiro atoms. The second-order valence-electron chi connectivity index (χ2n) is 6.06. The highest BCUT2D eigenvalue weighted by Gasteiger charge is 2.31. The molecule has 0 radical (unpaired) electrons. The molecule has 0 amide bonds. The Balaban J connectivity index is 0.00000338. The van der Waals surface area contributed by atoms with Gasteiger partial charge in [-0.25, -0.2) is 16.8 Å². The standard InChI is InChI=1S/C16H27N3O4S2.ClH/c1-4-18(5-2)24(20,21)15-9-6-10-16(12-15)25(22,23)19-11-7-8-14(13-19)17-3;/h6,9-10,12,14,17H,4-5,7-8,11,13H2,1-3H3;1H. The first kappa shape index (κ1) is 23.3. The molecule has 1 fully saturated rings. The third-order valence-electron chi connectivity index (χ3n) is 4.58. The molecule has 1 aromatic rings. The molecular formula is C16H28ClN3O4S2. The van der Waals surface area contributed by atoms with Crippen molar-refractivity contribution in [2.24, 2.45) is 0 Å². The Kier molecular flexibility index (Phi) is 8.50. The molecule has 0 aliphatic carbocycles. The van der Waals surface area contributed by atoms with Gasteiger partial charge in [-0.05, 0) is 38.1 Å². The van der Waals surface area contributed by atoms with Crippen LogP contribution in [0, 0.1) is 0 Å². The lowest BCUT2D eigenvalue weighted by atomic mass is 10.1. The van der Waals surface area contributed by atoms with E-state index in [0.717, 1.165) is 12.8 Å². The number of nitrogens with one attached hydrogen (secondary N) is 1. The average Bonchev–Trinajstić information content (AvgIpc) is 2.62. The van der Waals surface area contributed by atoms with Crippen LogP contribution in [0.25, 0.3) is 0 Å². The minimum atomic E-state index is -3.72. The predicted molar refractivity (Wildman–Crippen MR) is 105 cm³/mol. The molecule has 26 heavy (non-hydrogen) atoms. The van der Waals surface area contributed by atoms with Crippen molar-refractivity contribution in [1.29, 1.82) is 0 Å². The molecule has 1 atom stereocenters. The molecule has 1 aliphatic heterocycles. The molecule has 1 aliphatic rings. The van der Waals surface area contributed by atoms with Crippen LogP contribution in [-0.2, 0) is 20.0 Å². The number of rotatable bonds is 7. The van der Waals surface area contributed by atoms with Crippen LogP contribution >= 0.6 is 12.4 Å². The van der Waals surface area contributed by atoms with Gasteiger partial charge >= 0.3 is 0 Å². The van der Waals surface area contributed by atoms with Gasteiger partial charge in [0.1, 0.15) is 0 Å². The van der Waals surface area contributed by atoms with E-state index in [1.807, 2.05) is 7.05 Å². The fraction of sp³-hybridized carbons (Fsp3) is 0.625. The van der Waals surface area contributed by atoms with Crippen LogP contribution in [0.15, 0.2) is 34.1 Å². The SMILES string of the molecule is CCN(CC)S(=O)(=O)c1cccc(S(=O)(=O)N2CCCC(NC)C2)c1.Cl. The highest BCUT2D eigenvalue weighted by atomic mass is 35.5. The molecule has 1 saturated heterocycles. The van der Waals surface area contributed by atoms with Gasteiger partial charge in [0.25, 0.3) is 0 Å². The molecule has 0 aromatic heterocycles. The lowest BCUT2D eigenvalue weighted by molar-refractivity contribution is 0.293. The maximum atomic E-state index is 12.9. The zero-order valence-corrected chi connectivity index (χ0v) is 17.8. The molecule has 150 valence electrons. The van der Waals surface area contributed by atoms with E-state index in [9.17, 15) is 16.8 Å². The zero-order valence-electron chi connectivity index (χ0n) is 15.4. The monoisotopic (exact) mass is 425 g/mol. The summed E-state index contributed by atoms with van der Waals surface area (Å²) < 4.78 is 53.9. The number of sulfonamides is 2. The van der Waals surface area contributed by atoms with Gasteiger partial charge in [0, 0.05) is 32.2 Å². The highest BCUT2D eigenvalue weighted by molar-refractivity contribution is 7.90. The Labute approximate surface area is 163 Å². The van der Waals surface area contributed by atoms with Gasteiger partial charge in [0.2, 0.25) is 20.0 Å². The van der Waals surface area contributed by atoms with Gasteiger partial charge in [0.05, 0.1) is 9.79 Å². The minimum absolute atomic E-state index is 0. The number of benzene rings is 1. The summed E-state index contributed by atoms with van der Waals surface area (Å²) in [7, 11) is -5.59. The third-order valence-corrected chi connectivity index (χ3v) is 8.49. The Bertz CT molecular complexity index is 795. The van der Waals surface area contributed by atoms with Crippen LogP contribution in [0.5, 0.6) is 0 Å². The molecule has 2 rings (SSSR count). The Morgan fingerprint density at radius 1 is 1.15 bits per heavy atom. The summed E-state index contributed by atoms with van der Waals surface area (Å²) in [5, 5.41) is 3.11. The minimum Gasteiger partial charge on any atom is -0.316 e. The van der Waals surface area contributed by atoms with Crippen LogP contribution in [0.1, 0.15) is 26.7 Å². The second kappa shape index (κ2) is 9.48. The molecule has 1 aromatic carbocycles. The van der Waals surface area contributed by atoms with Crippen molar-refractivity contribution < 1.29 is 16.8 Å². The molecule has 1 unspecified atom stereocenters. The first-order chi connectivity index (χ1) is 11.8. The van der Waals surface area contributed by atoms with Crippen molar-refractivity contribution in [1.82, 2.24) is 13.9 Å². The smallest absolute Gasteiger partial charge is 0.243 e. The van der Waals surface area contributed by atoms with Crippen molar-refractivity contribution in [3.63, 3.8) is 0 Å². The Hall–Kier alpha value is -0.710. The van der Waals surface area contributed by atoms with Gasteiger partial charge < -0.3 is 5.32 Å². The lowest BCUT2D eigenvalue weighted by Gasteiger charge is -2.31.